The van der Waals surface area contributed by atoms with Crippen molar-refractivity contribution in [3.8, 4) is 0 Å². The SMILES string of the molecule is CC(CC(=O)N1CCCCCC1)Nc1ccc(CCO)cc1. The van der Waals surface area contributed by atoms with E-state index in [9.17, 15) is 4.79 Å². The summed E-state index contributed by atoms with van der Waals surface area (Å²) in [6, 6.07) is 8.18. The molecule has 1 amide bonds. The van der Waals surface area contributed by atoms with Gasteiger partial charge in [-0.25, -0.2) is 0 Å². The maximum absolute atomic E-state index is 12.3. The van der Waals surface area contributed by atoms with Crippen molar-refractivity contribution >= 4 is 11.6 Å². The van der Waals surface area contributed by atoms with Crippen molar-refractivity contribution in [3.05, 3.63) is 29.8 Å². The Morgan fingerprint density at radius 3 is 2.41 bits per heavy atom. The maximum atomic E-state index is 12.3. The molecule has 0 bridgehead atoms. The molecular weight excluding hydrogens is 276 g/mol. The van der Waals surface area contributed by atoms with Crippen LogP contribution in [0.15, 0.2) is 24.3 Å². The zero-order valence-electron chi connectivity index (χ0n) is 13.6. The molecule has 1 fully saturated rings. The topological polar surface area (TPSA) is 52.6 Å². The quantitative estimate of drug-likeness (QED) is 0.849. The average Bonchev–Trinajstić information content (AvgIpc) is 2.78. The number of carbonyl (C=O) groups excluding carboxylic acids is 1. The van der Waals surface area contributed by atoms with Crippen molar-refractivity contribution in [2.24, 2.45) is 0 Å². The number of carbonyl (C=O) groups is 1. The van der Waals surface area contributed by atoms with E-state index in [-0.39, 0.29) is 18.6 Å². The normalized spacial score (nSPS) is 16.9. The summed E-state index contributed by atoms with van der Waals surface area (Å²) in [4.78, 5) is 14.4. The fraction of sp³-hybridized carbons (Fsp3) is 0.611. The average molecular weight is 304 g/mol. The second-order valence-electron chi connectivity index (χ2n) is 6.22. The van der Waals surface area contributed by atoms with Crippen LogP contribution < -0.4 is 5.32 Å². The van der Waals surface area contributed by atoms with Crippen molar-refractivity contribution in [1.82, 2.24) is 4.90 Å². The molecule has 22 heavy (non-hydrogen) atoms. The molecule has 1 heterocycles. The lowest BCUT2D eigenvalue weighted by atomic mass is 10.1. The van der Waals surface area contributed by atoms with E-state index in [2.05, 4.69) is 12.2 Å². The van der Waals surface area contributed by atoms with Crippen LogP contribution in [-0.4, -0.2) is 41.7 Å². The first kappa shape index (κ1) is 16.8. The number of hydrogen-bond donors (Lipinski definition) is 2. The highest BCUT2D eigenvalue weighted by molar-refractivity contribution is 5.77. The standard InChI is InChI=1S/C18H28N2O2/c1-15(14-18(22)20-11-4-2-3-5-12-20)19-17-8-6-16(7-9-17)10-13-21/h6-9,15,19,21H,2-5,10-14H2,1H3. The number of nitrogens with zero attached hydrogens (tertiary/aromatic N) is 1. The molecule has 122 valence electrons. The number of amides is 1. The van der Waals surface area contributed by atoms with Gasteiger partial charge in [-0.1, -0.05) is 25.0 Å². The fourth-order valence-electron chi connectivity index (χ4n) is 2.94. The lowest BCUT2D eigenvalue weighted by Crippen LogP contribution is -2.35. The van der Waals surface area contributed by atoms with Gasteiger partial charge in [-0.05, 0) is 43.9 Å². The Morgan fingerprint density at radius 2 is 1.82 bits per heavy atom. The van der Waals surface area contributed by atoms with E-state index in [1.165, 1.54) is 12.8 Å². The molecule has 1 aliphatic heterocycles. The van der Waals surface area contributed by atoms with Crippen molar-refractivity contribution in [2.45, 2.75) is 51.5 Å². The van der Waals surface area contributed by atoms with Gasteiger partial charge in [0.15, 0.2) is 0 Å². The molecule has 1 atom stereocenters. The number of benzene rings is 1. The van der Waals surface area contributed by atoms with Gasteiger partial charge in [0.25, 0.3) is 0 Å². The minimum Gasteiger partial charge on any atom is -0.396 e. The second-order valence-corrected chi connectivity index (χ2v) is 6.22. The molecule has 4 heteroatoms. The Morgan fingerprint density at radius 1 is 1.18 bits per heavy atom. The number of aliphatic hydroxyl groups excluding tert-OH is 1. The third-order valence-electron chi connectivity index (χ3n) is 4.21. The van der Waals surface area contributed by atoms with E-state index in [4.69, 9.17) is 5.11 Å². The van der Waals surface area contributed by atoms with Crippen LogP contribution in [-0.2, 0) is 11.2 Å². The van der Waals surface area contributed by atoms with Gasteiger partial charge >= 0.3 is 0 Å². The summed E-state index contributed by atoms with van der Waals surface area (Å²) < 4.78 is 0. The Kier molecular flexibility index (Phi) is 6.72. The van der Waals surface area contributed by atoms with Crippen LogP contribution in [0, 0.1) is 0 Å². The smallest absolute Gasteiger partial charge is 0.224 e. The van der Waals surface area contributed by atoms with Crippen LogP contribution >= 0.6 is 0 Å². The molecule has 1 aromatic rings. The Bertz CT molecular complexity index is 451. The highest BCUT2D eigenvalue weighted by Gasteiger charge is 2.17. The van der Waals surface area contributed by atoms with E-state index in [1.807, 2.05) is 29.2 Å². The van der Waals surface area contributed by atoms with E-state index in [0.717, 1.165) is 37.2 Å². The molecule has 1 aliphatic rings. The van der Waals surface area contributed by atoms with Crippen LogP contribution in [0.2, 0.25) is 0 Å². The number of likely N-dealkylation sites (tertiary alicyclic amines) is 1. The van der Waals surface area contributed by atoms with E-state index in [1.54, 1.807) is 0 Å². The third-order valence-corrected chi connectivity index (χ3v) is 4.21. The Labute approximate surface area is 133 Å². The number of aliphatic hydroxyl groups is 1. The highest BCUT2D eigenvalue weighted by atomic mass is 16.3. The van der Waals surface area contributed by atoms with E-state index in [0.29, 0.717) is 12.8 Å². The summed E-state index contributed by atoms with van der Waals surface area (Å²) in [6.07, 6.45) is 6.00. The van der Waals surface area contributed by atoms with Gasteiger partial charge < -0.3 is 15.3 Å². The minimum atomic E-state index is 0.124. The van der Waals surface area contributed by atoms with Gasteiger partial charge in [-0.3, -0.25) is 4.79 Å². The fourth-order valence-corrected chi connectivity index (χ4v) is 2.94. The monoisotopic (exact) mass is 304 g/mol. The molecular formula is C18H28N2O2. The Balaban J connectivity index is 1.81. The maximum Gasteiger partial charge on any atom is 0.224 e. The predicted octanol–water partition coefficient (Wildman–Crippen LogP) is 2.81. The molecule has 1 saturated heterocycles. The van der Waals surface area contributed by atoms with Crippen molar-refractivity contribution < 1.29 is 9.90 Å². The molecule has 0 spiro atoms. The van der Waals surface area contributed by atoms with Crippen molar-refractivity contribution in [1.29, 1.82) is 0 Å². The summed E-state index contributed by atoms with van der Waals surface area (Å²) in [5.74, 6) is 0.263. The lowest BCUT2D eigenvalue weighted by molar-refractivity contribution is -0.131. The van der Waals surface area contributed by atoms with Gasteiger partial charge in [0.2, 0.25) is 5.91 Å². The predicted molar refractivity (Wildman–Crippen MR) is 90.0 cm³/mol. The van der Waals surface area contributed by atoms with Gasteiger partial charge in [-0.15, -0.1) is 0 Å². The minimum absolute atomic E-state index is 0.124. The summed E-state index contributed by atoms with van der Waals surface area (Å²) in [7, 11) is 0. The number of rotatable bonds is 6. The van der Waals surface area contributed by atoms with E-state index >= 15 is 0 Å². The van der Waals surface area contributed by atoms with Crippen LogP contribution in [0.4, 0.5) is 5.69 Å². The molecule has 2 rings (SSSR count). The molecule has 0 aromatic heterocycles. The zero-order chi connectivity index (χ0) is 15.8. The van der Waals surface area contributed by atoms with Gasteiger partial charge in [0.05, 0.1) is 0 Å². The highest BCUT2D eigenvalue weighted by Crippen LogP contribution is 2.15. The van der Waals surface area contributed by atoms with E-state index < -0.39 is 0 Å². The lowest BCUT2D eigenvalue weighted by Gasteiger charge is -2.23. The first-order chi connectivity index (χ1) is 10.7. The molecule has 2 N–H and O–H groups in total. The van der Waals surface area contributed by atoms with Gasteiger partial charge in [0, 0.05) is 37.8 Å². The van der Waals surface area contributed by atoms with Crippen LogP contribution in [0.1, 0.15) is 44.6 Å². The number of nitrogens with one attached hydrogen (secondary N) is 1. The molecule has 0 radical (unpaired) electrons. The Hall–Kier alpha value is -1.55. The summed E-state index contributed by atoms with van der Waals surface area (Å²) in [5, 5.41) is 12.3. The number of hydrogen-bond acceptors (Lipinski definition) is 3. The first-order valence-corrected chi connectivity index (χ1v) is 8.43. The molecule has 1 aromatic carbocycles. The molecule has 1 unspecified atom stereocenters. The zero-order valence-corrected chi connectivity index (χ0v) is 13.6. The number of anilines is 1. The van der Waals surface area contributed by atoms with Crippen LogP contribution in [0.3, 0.4) is 0 Å². The second kappa shape index (κ2) is 8.79. The van der Waals surface area contributed by atoms with Crippen LogP contribution in [0.5, 0.6) is 0 Å². The van der Waals surface area contributed by atoms with Gasteiger partial charge in [0.1, 0.15) is 0 Å². The first-order valence-electron chi connectivity index (χ1n) is 8.43. The third kappa shape index (κ3) is 5.34. The summed E-state index contributed by atoms with van der Waals surface area (Å²) in [5.41, 5.74) is 2.15. The summed E-state index contributed by atoms with van der Waals surface area (Å²) in [6.45, 7) is 4.06. The largest absolute Gasteiger partial charge is 0.396 e. The van der Waals surface area contributed by atoms with Crippen molar-refractivity contribution in [2.75, 3.05) is 25.0 Å². The molecule has 0 aliphatic carbocycles. The molecule has 4 nitrogen and oxygen atoms in total. The van der Waals surface area contributed by atoms with Gasteiger partial charge in [-0.2, -0.15) is 0 Å². The van der Waals surface area contributed by atoms with Crippen molar-refractivity contribution in [3.63, 3.8) is 0 Å². The summed E-state index contributed by atoms with van der Waals surface area (Å²) >= 11 is 0. The van der Waals surface area contributed by atoms with Crippen LogP contribution in [0.25, 0.3) is 0 Å². The molecule has 0 saturated carbocycles.